The van der Waals surface area contributed by atoms with Crippen LogP contribution in [0.5, 0.6) is 5.75 Å². The molecule has 0 saturated carbocycles. The van der Waals surface area contributed by atoms with Gasteiger partial charge in [-0.05, 0) is 80.0 Å². The van der Waals surface area contributed by atoms with E-state index in [1.807, 2.05) is 30.3 Å². The molecule has 1 aliphatic heterocycles. The lowest BCUT2D eigenvalue weighted by Crippen LogP contribution is -2.41. The van der Waals surface area contributed by atoms with Gasteiger partial charge in [-0.1, -0.05) is 0 Å². The summed E-state index contributed by atoms with van der Waals surface area (Å²) >= 11 is 1.78. The lowest BCUT2D eigenvalue weighted by Gasteiger charge is -2.39. The molecule has 8 heteroatoms. The topological polar surface area (TPSA) is 96.0 Å². The van der Waals surface area contributed by atoms with Crippen molar-refractivity contribution in [3.63, 3.8) is 0 Å². The molecular weight excluding hydrogens is 464 g/mol. The standard InChI is InChI=1S/C27H34N2O5S/c1-33-21-4-5-25-24(16-21)23(8-11-28-25)26(30)6-2-19-9-12-29(17-20(19)3-7-27(31)32)13-15-35-22-10-14-34-18-22/h4-5,8,10-11,14,16,18-20,26,30H,2-3,6-7,9,12-13,15,17H2,1H3,(H,31,32)/t19-,20+,26?/m1/s1. The molecule has 0 spiro atoms. The number of pyridine rings is 1. The van der Waals surface area contributed by atoms with Crippen molar-refractivity contribution in [2.24, 2.45) is 11.8 Å². The molecule has 35 heavy (non-hydrogen) atoms. The van der Waals surface area contributed by atoms with Gasteiger partial charge in [0.25, 0.3) is 0 Å². The highest BCUT2D eigenvalue weighted by molar-refractivity contribution is 7.99. The van der Waals surface area contributed by atoms with Gasteiger partial charge in [-0.25, -0.2) is 0 Å². The van der Waals surface area contributed by atoms with Crippen LogP contribution in [-0.4, -0.2) is 58.6 Å². The monoisotopic (exact) mass is 498 g/mol. The van der Waals surface area contributed by atoms with Gasteiger partial charge >= 0.3 is 5.97 Å². The molecule has 0 amide bonds. The van der Waals surface area contributed by atoms with Crippen LogP contribution < -0.4 is 4.74 Å². The summed E-state index contributed by atoms with van der Waals surface area (Å²) in [5.74, 6) is 1.71. The summed E-state index contributed by atoms with van der Waals surface area (Å²) in [4.78, 5) is 19.3. The Morgan fingerprint density at radius 1 is 1.29 bits per heavy atom. The second-order valence-electron chi connectivity index (χ2n) is 9.23. The minimum atomic E-state index is -0.742. The number of ether oxygens (including phenoxy) is 1. The molecular formula is C27H34N2O5S. The number of aromatic nitrogens is 1. The minimum Gasteiger partial charge on any atom is -0.497 e. The van der Waals surface area contributed by atoms with E-state index in [0.29, 0.717) is 24.7 Å². The van der Waals surface area contributed by atoms with Crippen LogP contribution in [0.2, 0.25) is 0 Å². The van der Waals surface area contributed by atoms with Crippen molar-refractivity contribution in [3.8, 4) is 5.75 Å². The molecule has 3 aromatic rings. The van der Waals surface area contributed by atoms with Gasteiger partial charge in [-0.15, -0.1) is 11.8 Å². The predicted octanol–water partition coefficient (Wildman–Crippen LogP) is 5.25. The smallest absolute Gasteiger partial charge is 0.303 e. The average Bonchev–Trinajstić information content (AvgIpc) is 3.39. The predicted molar refractivity (Wildman–Crippen MR) is 137 cm³/mol. The highest BCUT2D eigenvalue weighted by Gasteiger charge is 2.30. The van der Waals surface area contributed by atoms with E-state index < -0.39 is 12.1 Å². The summed E-state index contributed by atoms with van der Waals surface area (Å²) in [7, 11) is 1.63. The molecule has 0 radical (unpaired) electrons. The Bertz CT molecular complexity index is 1090. The van der Waals surface area contributed by atoms with E-state index in [4.69, 9.17) is 9.15 Å². The summed E-state index contributed by atoms with van der Waals surface area (Å²) in [5, 5.41) is 21.3. The zero-order valence-electron chi connectivity index (χ0n) is 20.1. The molecule has 0 bridgehead atoms. The molecule has 188 valence electrons. The number of carboxylic acid groups (broad SMARTS) is 1. The number of benzene rings is 1. The third kappa shape index (κ3) is 6.99. The fourth-order valence-electron chi connectivity index (χ4n) is 5.09. The first-order chi connectivity index (χ1) is 17.0. The molecule has 2 aromatic heterocycles. The maximum Gasteiger partial charge on any atom is 0.303 e. The number of aliphatic hydroxyl groups excluding tert-OH is 1. The number of aliphatic carboxylic acids is 1. The summed E-state index contributed by atoms with van der Waals surface area (Å²) in [6.45, 7) is 2.89. The van der Waals surface area contributed by atoms with Gasteiger partial charge in [0.05, 0.1) is 25.0 Å². The molecule has 1 unspecified atom stereocenters. The van der Waals surface area contributed by atoms with Gasteiger partial charge in [0.2, 0.25) is 0 Å². The van der Waals surface area contributed by atoms with E-state index in [2.05, 4.69) is 9.88 Å². The van der Waals surface area contributed by atoms with Crippen molar-refractivity contribution in [2.75, 3.05) is 32.5 Å². The first-order valence-corrected chi connectivity index (χ1v) is 13.2. The lowest BCUT2D eigenvalue weighted by molar-refractivity contribution is -0.137. The Hall–Kier alpha value is -2.55. The Balaban J connectivity index is 1.36. The molecule has 4 rings (SSSR count). The summed E-state index contributed by atoms with van der Waals surface area (Å²) in [6, 6.07) is 9.57. The number of furan rings is 1. The van der Waals surface area contributed by atoms with E-state index in [-0.39, 0.29) is 6.42 Å². The van der Waals surface area contributed by atoms with Crippen molar-refractivity contribution in [1.82, 2.24) is 9.88 Å². The largest absolute Gasteiger partial charge is 0.497 e. The summed E-state index contributed by atoms with van der Waals surface area (Å²) < 4.78 is 10.5. The van der Waals surface area contributed by atoms with Gasteiger partial charge in [-0.3, -0.25) is 9.78 Å². The highest BCUT2D eigenvalue weighted by atomic mass is 32.2. The number of rotatable bonds is 12. The number of thioether (sulfide) groups is 1. The Labute approximate surface area is 210 Å². The molecule has 1 saturated heterocycles. The van der Waals surface area contributed by atoms with E-state index in [1.165, 1.54) is 0 Å². The number of carboxylic acids is 1. The van der Waals surface area contributed by atoms with Crippen LogP contribution in [0, 0.1) is 11.8 Å². The summed E-state index contributed by atoms with van der Waals surface area (Å²) in [5.41, 5.74) is 1.70. The quantitative estimate of drug-likeness (QED) is 0.327. The van der Waals surface area contributed by atoms with Gasteiger partial charge < -0.3 is 24.3 Å². The van der Waals surface area contributed by atoms with Crippen LogP contribution in [0.3, 0.4) is 0 Å². The lowest BCUT2D eigenvalue weighted by atomic mass is 9.79. The summed E-state index contributed by atoms with van der Waals surface area (Å²) in [6.07, 6.45) is 8.00. The Kier molecular flexibility index (Phi) is 9.06. The first-order valence-electron chi connectivity index (χ1n) is 12.2. The van der Waals surface area contributed by atoms with Crippen molar-refractivity contribution < 1.29 is 24.2 Å². The molecule has 7 nitrogen and oxygen atoms in total. The molecule has 1 aromatic carbocycles. The van der Waals surface area contributed by atoms with Crippen molar-refractivity contribution in [3.05, 3.63) is 54.6 Å². The average molecular weight is 499 g/mol. The number of likely N-dealkylation sites (tertiary alicyclic amines) is 1. The molecule has 1 aliphatic rings. The van der Waals surface area contributed by atoms with E-state index in [1.54, 1.807) is 37.6 Å². The van der Waals surface area contributed by atoms with E-state index >= 15 is 0 Å². The molecule has 0 aliphatic carbocycles. The Morgan fingerprint density at radius 3 is 2.94 bits per heavy atom. The SMILES string of the molecule is COc1ccc2nccc(C(O)CC[C@@H]3CCN(CCSc4ccoc4)C[C@@H]3CCC(=O)O)c2c1. The number of aliphatic hydroxyl groups is 1. The van der Waals surface area contributed by atoms with E-state index in [0.717, 1.165) is 65.3 Å². The second-order valence-corrected chi connectivity index (χ2v) is 10.4. The zero-order valence-corrected chi connectivity index (χ0v) is 21.0. The number of hydrogen-bond donors (Lipinski definition) is 2. The van der Waals surface area contributed by atoms with Crippen molar-refractivity contribution in [1.29, 1.82) is 0 Å². The van der Waals surface area contributed by atoms with Crippen LogP contribution in [-0.2, 0) is 4.79 Å². The molecule has 1 fully saturated rings. The number of nitrogens with zero attached hydrogens (tertiary/aromatic N) is 2. The zero-order chi connectivity index (χ0) is 24.6. The van der Waals surface area contributed by atoms with E-state index in [9.17, 15) is 15.0 Å². The van der Waals surface area contributed by atoms with Gasteiger partial charge in [0, 0.05) is 41.7 Å². The minimum absolute atomic E-state index is 0.191. The number of carbonyl (C=O) groups is 1. The Morgan fingerprint density at radius 2 is 2.17 bits per heavy atom. The van der Waals surface area contributed by atoms with Crippen LogP contribution >= 0.6 is 11.8 Å². The number of hydrogen-bond acceptors (Lipinski definition) is 7. The van der Waals surface area contributed by atoms with Gasteiger partial charge in [0.15, 0.2) is 0 Å². The number of fused-ring (bicyclic) bond motifs is 1. The molecule has 3 atom stereocenters. The van der Waals surface area contributed by atoms with Crippen molar-refractivity contribution >= 4 is 28.6 Å². The first kappa shape index (κ1) is 25.5. The normalized spacial score (nSPS) is 19.6. The second kappa shape index (κ2) is 12.4. The van der Waals surface area contributed by atoms with Crippen molar-refractivity contribution in [2.45, 2.75) is 43.1 Å². The fraction of sp³-hybridized carbons (Fsp3) is 0.481. The molecule has 3 heterocycles. The maximum atomic E-state index is 11.3. The number of methoxy groups -OCH3 is 1. The number of piperidine rings is 1. The van der Waals surface area contributed by atoms with Crippen LogP contribution in [0.15, 0.2) is 58.4 Å². The van der Waals surface area contributed by atoms with Gasteiger partial charge in [0.1, 0.15) is 12.0 Å². The van der Waals surface area contributed by atoms with Crippen LogP contribution in [0.4, 0.5) is 0 Å². The third-order valence-electron chi connectivity index (χ3n) is 7.03. The molecule has 2 N–H and O–H groups in total. The maximum absolute atomic E-state index is 11.3. The van der Waals surface area contributed by atoms with Gasteiger partial charge in [-0.2, -0.15) is 0 Å². The highest BCUT2D eigenvalue weighted by Crippen LogP contribution is 2.35. The van der Waals surface area contributed by atoms with Crippen LogP contribution in [0.25, 0.3) is 10.9 Å². The van der Waals surface area contributed by atoms with Crippen LogP contribution in [0.1, 0.15) is 43.8 Å². The fourth-order valence-corrected chi connectivity index (χ4v) is 5.95. The third-order valence-corrected chi connectivity index (χ3v) is 7.98.